The average Bonchev–Trinajstić information content (AvgIpc) is 2.70. The fourth-order valence-electron chi connectivity index (χ4n) is 1.33. The minimum Gasteiger partial charge on any atom is -0.382 e. The number of hydrogen-bond acceptors (Lipinski definition) is 5. The largest absolute Gasteiger partial charge is 0.428 e. The first kappa shape index (κ1) is 11.6. The van der Waals surface area contributed by atoms with Crippen LogP contribution >= 0.6 is 0 Å². The number of carbonyl (C=O) groups excluding carboxylic acids is 1. The van der Waals surface area contributed by atoms with Crippen molar-refractivity contribution in [3.63, 3.8) is 0 Å². The molecule has 10 heteroatoms. The number of oxime groups is 1. The van der Waals surface area contributed by atoms with E-state index < -0.39 is 24.7 Å². The number of alkyl halides is 3. The molecule has 2 rings (SSSR count). The molecule has 2 amide bonds. The Bertz CT molecular complexity index is 405. The zero-order valence-corrected chi connectivity index (χ0v) is 8.36. The van der Waals surface area contributed by atoms with Gasteiger partial charge in [0.1, 0.15) is 11.4 Å². The predicted molar refractivity (Wildman–Crippen MR) is 49.8 cm³/mol. The Labute approximate surface area is 93.0 Å². The van der Waals surface area contributed by atoms with Crippen molar-refractivity contribution < 1.29 is 22.8 Å². The molecule has 0 aromatic carbocycles. The number of carbonyl (C=O) groups is 1. The Hall–Kier alpha value is -1.84. The summed E-state index contributed by atoms with van der Waals surface area (Å²) < 4.78 is 36.9. The quantitative estimate of drug-likeness (QED) is 0.505. The summed E-state index contributed by atoms with van der Waals surface area (Å²) in [7, 11) is 0. The number of urea groups is 1. The molecule has 94 valence electrons. The maximum atomic E-state index is 12.3. The second-order valence-corrected chi connectivity index (χ2v) is 3.48. The number of hydrogen-bond donors (Lipinski definition) is 2. The Morgan fingerprint density at radius 2 is 2.18 bits per heavy atom. The third-order valence-corrected chi connectivity index (χ3v) is 2.23. The molecule has 1 unspecified atom stereocenters. The molecule has 0 bridgehead atoms. The average molecular weight is 251 g/mol. The van der Waals surface area contributed by atoms with E-state index in [1.807, 2.05) is 5.43 Å². The normalized spacial score (nSPS) is 25.1. The summed E-state index contributed by atoms with van der Waals surface area (Å²) in [6.07, 6.45) is -6.89. The van der Waals surface area contributed by atoms with Crippen LogP contribution in [0.5, 0.6) is 0 Å². The van der Waals surface area contributed by atoms with Crippen LogP contribution in [0, 0.1) is 0 Å². The lowest BCUT2D eigenvalue weighted by Crippen LogP contribution is -2.51. The molecule has 2 aliphatic rings. The lowest BCUT2D eigenvalue weighted by atomic mass is 10.1. The van der Waals surface area contributed by atoms with E-state index in [-0.39, 0.29) is 18.0 Å². The monoisotopic (exact) mass is 251 g/mol. The highest BCUT2D eigenvalue weighted by atomic mass is 19.4. The van der Waals surface area contributed by atoms with E-state index in [1.54, 1.807) is 0 Å². The third-order valence-electron chi connectivity index (χ3n) is 2.23. The first-order valence-corrected chi connectivity index (χ1v) is 4.56. The van der Waals surface area contributed by atoms with Gasteiger partial charge in [0, 0.05) is 6.42 Å². The van der Waals surface area contributed by atoms with Crippen LogP contribution in [0.15, 0.2) is 10.3 Å². The van der Waals surface area contributed by atoms with Gasteiger partial charge < -0.3 is 4.84 Å². The number of nitrogens with zero attached hydrogens (tertiary/aromatic N) is 3. The zero-order valence-electron chi connectivity index (χ0n) is 8.36. The number of hydrazine groups is 1. The number of halogens is 3. The highest BCUT2D eigenvalue weighted by molar-refractivity contribution is 6.44. The smallest absolute Gasteiger partial charge is 0.382 e. The van der Waals surface area contributed by atoms with Crippen LogP contribution in [-0.4, -0.2) is 41.3 Å². The fraction of sp³-hybridized carbons (Fsp3) is 0.571. The van der Waals surface area contributed by atoms with E-state index in [9.17, 15) is 18.0 Å². The van der Waals surface area contributed by atoms with Gasteiger partial charge in [0.05, 0.1) is 6.54 Å². The van der Waals surface area contributed by atoms with Gasteiger partial charge >= 0.3 is 12.2 Å². The second kappa shape index (κ2) is 3.87. The summed E-state index contributed by atoms with van der Waals surface area (Å²) in [6.45, 7) is -0.112. The first-order chi connectivity index (χ1) is 7.88. The van der Waals surface area contributed by atoms with Crippen molar-refractivity contribution in [1.82, 2.24) is 10.4 Å². The van der Waals surface area contributed by atoms with E-state index in [0.29, 0.717) is 0 Å². The van der Waals surface area contributed by atoms with Crippen LogP contribution < -0.4 is 11.3 Å². The van der Waals surface area contributed by atoms with Crippen LogP contribution in [0.25, 0.3) is 0 Å². The van der Waals surface area contributed by atoms with Gasteiger partial charge in [0.15, 0.2) is 0 Å². The maximum absolute atomic E-state index is 12.3. The van der Waals surface area contributed by atoms with Crippen molar-refractivity contribution >= 4 is 17.5 Å². The number of rotatable bonds is 1. The molecule has 2 heterocycles. The minimum absolute atomic E-state index is 0.0303. The topological polar surface area (TPSA) is 92.3 Å². The van der Waals surface area contributed by atoms with Crippen molar-refractivity contribution in [1.29, 1.82) is 0 Å². The van der Waals surface area contributed by atoms with Gasteiger partial charge in [0.25, 0.3) is 0 Å². The van der Waals surface area contributed by atoms with Crippen molar-refractivity contribution in [3.8, 4) is 0 Å². The standard InChI is InChI=1S/C7H8F3N5O2/c8-7(9,10)5-1-3(14-17-5)4-2-15(11)6(16)13-12-4/h5H,1-2,11H2,(H,13,16). The molecule has 1 atom stereocenters. The van der Waals surface area contributed by atoms with Crippen LogP contribution in [-0.2, 0) is 4.84 Å². The predicted octanol–water partition coefficient (Wildman–Crippen LogP) is -0.0515. The molecule has 0 spiro atoms. The summed E-state index contributed by atoms with van der Waals surface area (Å²) in [5, 5.41) is 7.66. The molecule has 0 fully saturated rings. The van der Waals surface area contributed by atoms with Crippen molar-refractivity contribution in [2.75, 3.05) is 6.54 Å². The zero-order chi connectivity index (χ0) is 12.6. The van der Waals surface area contributed by atoms with E-state index in [1.165, 1.54) is 0 Å². The molecule has 3 N–H and O–H groups in total. The van der Waals surface area contributed by atoms with Crippen LogP contribution in [0.3, 0.4) is 0 Å². The van der Waals surface area contributed by atoms with E-state index in [4.69, 9.17) is 5.84 Å². The summed E-state index contributed by atoms with van der Waals surface area (Å²) in [4.78, 5) is 15.2. The van der Waals surface area contributed by atoms with Crippen LogP contribution in [0.1, 0.15) is 6.42 Å². The van der Waals surface area contributed by atoms with Crippen molar-refractivity contribution in [3.05, 3.63) is 0 Å². The molecule has 7 nitrogen and oxygen atoms in total. The van der Waals surface area contributed by atoms with E-state index >= 15 is 0 Å². The lowest BCUT2D eigenvalue weighted by Gasteiger charge is -2.21. The molecule has 2 aliphatic heterocycles. The number of nitrogens with one attached hydrogen (secondary N) is 1. The van der Waals surface area contributed by atoms with Crippen molar-refractivity contribution in [2.24, 2.45) is 16.1 Å². The Balaban J connectivity index is 2.05. The fourth-order valence-corrected chi connectivity index (χ4v) is 1.33. The molecular formula is C7H8F3N5O2. The van der Waals surface area contributed by atoms with Crippen LogP contribution in [0.4, 0.5) is 18.0 Å². The Kier molecular flexibility index (Phi) is 2.65. The molecule has 0 aliphatic carbocycles. The Morgan fingerprint density at radius 1 is 1.47 bits per heavy atom. The van der Waals surface area contributed by atoms with Crippen LogP contribution in [0.2, 0.25) is 0 Å². The second-order valence-electron chi connectivity index (χ2n) is 3.48. The van der Waals surface area contributed by atoms with E-state index in [0.717, 1.165) is 5.01 Å². The van der Waals surface area contributed by atoms with E-state index in [2.05, 4.69) is 15.1 Å². The molecule has 0 aromatic rings. The van der Waals surface area contributed by atoms with Gasteiger partial charge in [-0.05, 0) is 0 Å². The molecule has 0 aromatic heterocycles. The summed E-state index contributed by atoms with van der Waals surface area (Å²) >= 11 is 0. The maximum Gasteiger partial charge on any atom is 0.428 e. The number of nitrogens with two attached hydrogens (primary N) is 1. The van der Waals surface area contributed by atoms with Gasteiger partial charge in [-0.3, -0.25) is 5.01 Å². The number of hydrazone groups is 1. The molecule has 0 radical (unpaired) electrons. The van der Waals surface area contributed by atoms with Gasteiger partial charge in [-0.1, -0.05) is 5.16 Å². The SMILES string of the molecule is NN1CC(C2=NOC(C(F)(F)F)C2)=NNC1=O. The number of amides is 2. The first-order valence-electron chi connectivity index (χ1n) is 4.56. The third kappa shape index (κ3) is 2.30. The molecule has 0 saturated heterocycles. The van der Waals surface area contributed by atoms with Gasteiger partial charge in [-0.2, -0.15) is 18.3 Å². The summed E-state index contributed by atoms with van der Waals surface area (Å²) in [6, 6.07) is -0.638. The molecular weight excluding hydrogens is 243 g/mol. The van der Waals surface area contributed by atoms with Gasteiger partial charge in [-0.15, -0.1) is 0 Å². The summed E-state index contributed by atoms with van der Waals surface area (Å²) in [5.74, 6) is 5.28. The van der Waals surface area contributed by atoms with Gasteiger partial charge in [0.2, 0.25) is 6.10 Å². The Morgan fingerprint density at radius 3 is 2.71 bits per heavy atom. The molecule has 17 heavy (non-hydrogen) atoms. The van der Waals surface area contributed by atoms with Crippen molar-refractivity contribution in [2.45, 2.75) is 18.7 Å². The van der Waals surface area contributed by atoms with Gasteiger partial charge in [-0.25, -0.2) is 16.1 Å². The lowest BCUT2D eigenvalue weighted by molar-refractivity contribution is -0.212. The minimum atomic E-state index is -4.48. The summed E-state index contributed by atoms with van der Waals surface area (Å²) in [5.41, 5.74) is 2.23. The highest BCUT2D eigenvalue weighted by Gasteiger charge is 2.46. The molecule has 0 saturated carbocycles. The highest BCUT2D eigenvalue weighted by Crippen LogP contribution is 2.29.